The quantitative estimate of drug-likeness (QED) is 0.815. The molecule has 0 radical (unpaired) electrons. The lowest BCUT2D eigenvalue weighted by Crippen LogP contribution is -2.25. The lowest BCUT2D eigenvalue weighted by molar-refractivity contribution is -0.304. The molecule has 0 aliphatic heterocycles. The van der Waals surface area contributed by atoms with E-state index in [-0.39, 0.29) is 6.42 Å². The molecule has 0 aliphatic rings. The lowest BCUT2D eigenvalue weighted by Gasteiger charge is -2.18. The molecule has 0 fully saturated rings. The van der Waals surface area contributed by atoms with Crippen molar-refractivity contribution in [2.45, 2.75) is 39.7 Å². The zero-order valence-electron chi connectivity index (χ0n) is 9.82. The van der Waals surface area contributed by atoms with Gasteiger partial charge in [-0.15, -0.1) is 11.3 Å². The number of hydrogen-bond acceptors (Lipinski definition) is 5. The van der Waals surface area contributed by atoms with Crippen molar-refractivity contribution in [2.24, 2.45) is 5.92 Å². The molecule has 0 spiro atoms. The molecule has 1 aromatic rings. The van der Waals surface area contributed by atoms with Crippen molar-refractivity contribution in [1.82, 2.24) is 4.98 Å². The van der Waals surface area contributed by atoms with Gasteiger partial charge in [0.1, 0.15) is 0 Å². The van der Waals surface area contributed by atoms with E-state index in [0.717, 1.165) is 11.6 Å². The van der Waals surface area contributed by atoms with Gasteiger partial charge < -0.3 is 15.2 Å². The molecule has 0 aliphatic carbocycles. The van der Waals surface area contributed by atoms with Crippen LogP contribution in [0.2, 0.25) is 0 Å². The lowest BCUT2D eigenvalue weighted by atomic mass is 10.0. The number of carboxylic acids is 1. The molecular formula is C11H17N2O2S-. The summed E-state index contributed by atoms with van der Waals surface area (Å²) in [6.07, 6.45) is 0.987. The Kier molecular flexibility index (Phi) is 4.73. The number of hydrogen-bond donors (Lipinski definition) is 1. The van der Waals surface area contributed by atoms with Gasteiger partial charge in [-0.3, -0.25) is 0 Å². The van der Waals surface area contributed by atoms with E-state index in [4.69, 9.17) is 0 Å². The molecule has 1 aromatic heterocycles. The van der Waals surface area contributed by atoms with Gasteiger partial charge in [0.05, 0.1) is 5.69 Å². The predicted octanol–water partition coefficient (Wildman–Crippen LogP) is 1.28. The predicted molar refractivity (Wildman–Crippen MR) is 63.4 cm³/mol. The first-order valence-electron chi connectivity index (χ1n) is 5.43. The number of aromatic nitrogens is 1. The SMILES string of the molecule is CCC(C)C(C)Nc1nc(CC(=O)[O-])cs1. The minimum absolute atomic E-state index is 0.115. The summed E-state index contributed by atoms with van der Waals surface area (Å²) in [7, 11) is 0. The molecule has 2 unspecified atom stereocenters. The van der Waals surface area contributed by atoms with Crippen LogP contribution < -0.4 is 10.4 Å². The Balaban J connectivity index is 2.54. The molecule has 0 saturated carbocycles. The zero-order valence-corrected chi connectivity index (χ0v) is 10.6. The van der Waals surface area contributed by atoms with Gasteiger partial charge in [0, 0.05) is 23.8 Å². The third kappa shape index (κ3) is 3.81. The van der Waals surface area contributed by atoms with Gasteiger partial charge in [-0.2, -0.15) is 0 Å². The largest absolute Gasteiger partial charge is 0.550 e. The highest BCUT2D eigenvalue weighted by molar-refractivity contribution is 7.13. The van der Waals surface area contributed by atoms with Gasteiger partial charge in [0.25, 0.3) is 0 Å². The third-order valence-electron chi connectivity index (χ3n) is 2.73. The van der Waals surface area contributed by atoms with E-state index in [2.05, 4.69) is 31.1 Å². The van der Waals surface area contributed by atoms with Crippen LogP contribution in [-0.4, -0.2) is 17.0 Å². The summed E-state index contributed by atoms with van der Waals surface area (Å²) in [5, 5.41) is 16.2. The van der Waals surface area contributed by atoms with Crippen LogP contribution in [0.5, 0.6) is 0 Å². The minimum atomic E-state index is -1.09. The molecule has 0 saturated heterocycles. The Labute approximate surface area is 99.7 Å². The van der Waals surface area contributed by atoms with Crippen LogP contribution >= 0.6 is 11.3 Å². The van der Waals surface area contributed by atoms with Crippen LogP contribution in [0.3, 0.4) is 0 Å². The van der Waals surface area contributed by atoms with E-state index >= 15 is 0 Å². The van der Waals surface area contributed by atoms with Crippen molar-refractivity contribution in [3.05, 3.63) is 11.1 Å². The highest BCUT2D eigenvalue weighted by Crippen LogP contribution is 2.19. The smallest absolute Gasteiger partial charge is 0.183 e. The molecule has 0 aromatic carbocycles. The van der Waals surface area contributed by atoms with Gasteiger partial charge >= 0.3 is 0 Å². The fourth-order valence-corrected chi connectivity index (χ4v) is 2.10. The summed E-state index contributed by atoms with van der Waals surface area (Å²) in [5.41, 5.74) is 0.559. The maximum Gasteiger partial charge on any atom is 0.183 e. The topological polar surface area (TPSA) is 65.0 Å². The summed E-state index contributed by atoms with van der Waals surface area (Å²) < 4.78 is 0. The van der Waals surface area contributed by atoms with Gasteiger partial charge in [-0.05, 0) is 12.8 Å². The van der Waals surface area contributed by atoms with Gasteiger partial charge in [0.15, 0.2) is 5.13 Å². The monoisotopic (exact) mass is 241 g/mol. The first-order valence-corrected chi connectivity index (χ1v) is 6.31. The van der Waals surface area contributed by atoms with Crippen molar-refractivity contribution in [3.8, 4) is 0 Å². The third-order valence-corrected chi connectivity index (χ3v) is 3.55. The average molecular weight is 241 g/mol. The molecule has 90 valence electrons. The number of nitrogens with zero attached hydrogens (tertiary/aromatic N) is 1. The summed E-state index contributed by atoms with van der Waals surface area (Å²) in [4.78, 5) is 14.6. The highest BCUT2D eigenvalue weighted by atomic mass is 32.1. The van der Waals surface area contributed by atoms with Crippen LogP contribution in [0.1, 0.15) is 32.9 Å². The molecule has 0 amide bonds. The second-order valence-corrected chi connectivity index (χ2v) is 4.87. The van der Waals surface area contributed by atoms with Crippen LogP contribution in [0, 0.1) is 5.92 Å². The van der Waals surface area contributed by atoms with Crippen molar-refractivity contribution in [1.29, 1.82) is 0 Å². The van der Waals surface area contributed by atoms with Crippen molar-refractivity contribution >= 4 is 22.4 Å². The number of thiazole rings is 1. The fraction of sp³-hybridized carbons (Fsp3) is 0.636. The molecular weight excluding hydrogens is 224 g/mol. The van der Waals surface area contributed by atoms with Crippen molar-refractivity contribution in [3.63, 3.8) is 0 Å². The van der Waals surface area contributed by atoms with E-state index in [1.165, 1.54) is 11.3 Å². The van der Waals surface area contributed by atoms with E-state index in [1.54, 1.807) is 5.38 Å². The van der Waals surface area contributed by atoms with Crippen LogP contribution in [-0.2, 0) is 11.2 Å². The standard InChI is InChI=1S/C11H18N2O2S/c1-4-7(2)8(3)12-11-13-9(6-16-11)5-10(14)15/h6-8H,4-5H2,1-3H3,(H,12,13)(H,14,15)/p-1. The van der Waals surface area contributed by atoms with Gasteiger partial charge in [0.2, 0.25) is 0 Å². The Bertz CT molecular complexity index is 352. The maximum absolute atomic E-state index is 10.4. The average Bonchev–Trinajstić information content (AvgIpc) is 2.63. The number of nitrogens with one attached hydrogen (secondary N) is 1. The summed E-state index contributed by atoms with van der Waals surface area (Å²) >= 11 is 1.43. The molecule has 1 heterocycles. The van der Waals surface area contributed by atoms with Gasteiger partial charge in [-0.1, -0.05) is 20.3 Å². The molecule has 1 N–H and O–H groups in total. The van der Waals surface area contributed by atoms with Crippen LogP contribution in [0.25, 0.3) is 0 Å². The number of carbonyl (C=O) groups excluding carboxylic acids is 1. The molecule has 0 bridgehead atoms. The Morgan fingerprint density at radius 2 is 2.31 bits per heavy atom. The number of carbonyl (C=O) groups is 1. The second kappa shape index (κ2) is 5.84. The highest BCUT2D eigenvalue weighted by Gasteiger charge is 2.11. The van der Waals surface area contributed by atoms with Crippen LogP contribution in [0.4, 0.5) is 5.13 Å². The molecule has 5 heteroatoms. The minimum Gasteiger partial charge on any atom is -0.550 e. The Morgan fingerprint density at radius 1 is 1.62 bits per heavy atom. The fourth-order valence-electron chi connectivity index (χ4n) is 1.29. The number of carboxylic acid groups (broad SMARTS) is 1. The van der Waals surface area contributed by atoms with Gasteiger partial charge in [-0.25, -0.2) is 4.98 Å². The summed E-state index contributed by atoms with van der Waals surface area (Å²) in [5.74, 6) is -0.527. The number of rotatable bonds is 6. The second-order valence-electron chi connectivity index (χ2n) is 4.01. The molecule has 1 rings (SSSR count). The molecule has 16 heavy (non-hydrogen) atoms. The number of anilines is 1. The first kappa shape index (κ1) is 13.0. The summed E-state index contributed by atoms with van der Waals surface area (Å²) in [6, 6.07) is 0.340. The van der Waals surface area contributed by atoms with E-state index in [1.807, 2.05) is 0 Å². The molecule has 4 nitrogen and oxygen atoms in total. The Hall–Kier alpha value is -1.10. The van der Waals surface area contributed by atoms with Crippen LogP contribution in [0.15, 0.2) is 5.38 Å². The van der Waals surface area contributed by atoms with Crippen molar-refractivity contribution < 1.29 is 9.90 Å². The molecule has 2 atom stereocenters. The Morgan fingerprint density at radius 3 is 2.88 bits per heavy atom. The van der Waals surface area contributed by atoms with E-state index < -0.39 is 5.97 Å². The normalized spacial score (nSPS) is 14.4. The van der Waals surface area contributed by atoms with E-state index in [0.29, 0.717) is 17.7 Å². The van der Waals surface area contributed by atoms with E-state index in [9.17, 15) is 9.90 Å². The maximum atomic E-state index is 10.4. The van der Waals surface area contributed by atoms with Crippen molar-refractivity contribution in [2.75, 3.05) is 5.32 Å². The zero-order chi connectivity index (χ0) is 12.1. The first-order chi connectivity index (χ1) is 7.52. The summed E-state index contributed by atoms with van der Waals surface area (Å²) in [6.45, 7) is 6.42. The number of aliphatic carboxylic acids is 1.